The molecule has 0 aliphatic carbocycles. The molecule has 0 radical (unpaired) electrons. The maximum atomic E-state index is 13.8. The van der Waals surface area contributed by atoms with Crippen molar-refractivity contribution in [3.8, 4) is 5.75 Å². The van der Waals surface area contributed by atoms with Gasteiger partial charge in [-0.05, 0) is 35.9 Å². The van der Waals surface area contributed by atoms with E-state index in [1.54, 1.807) is 11.8 Å². The first kappa shape index (κ1) is 21.4. The second kappa shape index (κ2) is 9.33. The van der Waals surface area contributed by atoms with Gasteiger partial charge in [-0.15, -0.1) is 0 Å². The molecule has 0 saturated heterocycles. The molecule has 26 heavy (non-hydrogen) atoms. The Balaban J connectivity index is 1.80. The van der Waals surface area contributed by atoms with Crippen LogP contribution in [0.4, 0.5) is 8.78 Å². The fraction of sp³-hybridized carbons (Fsp3) is 0.294. The lowest BCUT2D eigenvalue weighted by Gasteiger charge is -2.19. The van der Waals surface area contributed by atoms with E-state index in [2.05, 4.69) is 15.9 Å². The van der Waals surface area contributed by atoms with Crippen molar-refractivity contribution in [2.45, 2.75) is 17.8 Å². The quantitative estimate of drug-likeness (QED) is 0.383. The average Bonchev–Trinajstić information content (AvgIpc) is 2.57. The maximum Gasteiger partial charge on any atom is 0.399 e. The number of ether oxygens (including phenoxy) is 1. The normalized spacial score (nSPS) is 12.2. The van der Waals surface area contributed by atoms with Gasteiger partial charge in [0.1, 0.15) is 5.75 Å². The number of thioether (sulfide) groups is 1. The topological polar surface area (TPSA) is 66.8 Å². The molecule has 0 aliphatic rings. The summed E-state index contributed by atoms with van der Waals surface area (Å²) in [6.07, 6.45) is 0.842. The first-order valence-corrected chi connectivity index (χ1v) is 11.3. The Hall–Kier alpha value is -0.920. The molecule has 2 aromatic rings. The highest BCUT2D eigenvalue weighted by Crippen LogP contribution is 2.60. The van der Waals surface area contributed by atoms with Gasteiger partial charge in [-0.3, -0.25) is 4.57 Å². The van der Waals surface area contributed by atoms with Gasteiger partial charge in [-0.1, -0.05) is 46.3 Å². The summed E-state index contributed by atoms with van der Waals surface area (Å²) in [6, 6.07) is 13.5. The number of para-hydroxylation sites is 1. The van der Waals surface area contributed by atoms with Crippen molar-refractivity contribution < 1.29 is 27.9 Å². The van der Waals surface area contributed by atoms with Crippen LogP contribution >= 0.6 is 35.3 Å². The largest absolute Gasteiger partial charge is 0.494 e. The fourth-order valence-corrected chi connectivity index (χ4v) is 4.33. The minimum atomic E-state index is -5.57. The summed E-state index contributed by atoms with van der Waals surface area (Å²) in [6.45, 7) is 0.591. The summed E-state index contributed by atoms with van der Waals surface area (Å²) in [5.41, 5.74) is -4.14. The zero-order chi connectivity index (χ0) is 19.2. The van der Waals surface area contributed by atoms with Crippen LogP contribution in [0.3, 0.4) is 0 Å². The van der Waals surface area contributed by atoms with E-state index in [4.69, 9.17) is 14.5 Å². The van der Waals surface area contributed by atoms with Crippen LogP contribution in [0.5, 0.6) is 5.75 Å². The number of halogens is 3. The molecule has 142 valence electrons. The molecule has 0 heterocycles. The number of alkyl halides is 2. The van der Waals surface area contributed by atoms with E-state index in [-0.39, 0.29) is 4.47 Å². The summed E-state index contributed by atoms with van der Waals surface area (Å²) < 4.78 is 44.1. The van der Waals surface area contributed by atoms with E-state index < -0.39 is 18.8 Å². The van der Waals surface area contributed by atoms with E-state index in [1.165, 1.54) is 12.1 Å². The second-order valence-corrected chi connectivity index (χ2v) is 9.08. The van der Waals surface area contributed by atoms with E-state index in [1.807, 2.05) is 30.3 Å². The molecular weight excluding hydrogens is 449 g/mol. The molecule has 0 amide bonds. The molecule has 0 aromatic heterocycles. The highest BCUT2D eigenvalue weighted by Gasteiger charge is 2.51. The van der Waals surface area contributed by atoms with Gasteiger partial charge < -0.3 is 14.5 Å². The van der Waals surface area contributed by atoms with Gasteiger partial charge >= 0.3 is 13.3 Å². The maximum absolute atomic E-state index is 13.8. The molecule has 0 atom stereocenters. The minimum Gasteiger partial charge on any atom is -0.494 e. The molecule has 0 saturated carbocycles. The summed E-state index contributed by atoms with van der Waals surface area (Å²) >= 11 is 4.61. The molecule has 0 fully saturated rings. The van der Waals surface area contributed by atoms with Gasteiger partial charge in [-0.25, -0.2) is 0 Å². The van der Waals surface area contributed by atoms with Crippen LogP contribution in [-0.4, -0.2) is 22.1 Å². The molecule has 4 nitrogen and oxygen atoms in total. The van der Waals surface area contributed by atoms with E-state index in [0.29, 0.717) is 12.4 Å². The van der Waals surface area contributed by atoms with Gasteiger partial charge in [0.05, 0.1) is 6.61 Å². The monoisotopic (exact) mass is 466 g/mol. The third kappa shape index (κ3) is 5.79. The Kier molecular flexibility index (Phi) is 7.67. The van der Waals surface area contributed by atoms with Crippen molar-refractivity contribution in [3.63, 3.8) is 0 Å². The molecule has 0 spiro atoms. The Morgan fingerprint density at radius 2 is 1.85 bits per heavy atom. The number of benzene rings is 2. The second-order valence-electron chi connectivity index (χ2n) is 5.47. The first-order valence-electron chi connectivity index (χ1n) is 7.70. The van der Waals surface area contributed by atoms with Crippen LogP contribution in [0.1, 0.15) is 17.5 Å². The van der Waals surface area contributed by atoms with Crippen LogP contribution in [0.15, 0.2) is 53.0 Å². The fourth-order valence-electron chi connectivity index (χ4n) is 2.11. The highest BCUT2D eigenvalue weighted by molar-refractivity contribution is 9.10. The average molecular weight is 467 g/mol. The lowest BCUT2D eigenvalue weighted by Crippen LogP contribution is -2.14. The highest BCUT2D eigenvalue weighted by atomic mass is 79.9. The third-order valence-electron chi connectivity index (χ3n) is 3.44. The molecule has 0 unspecified atom stereocenters. The van der Waals surface area contributed by atoms with Crippen LogP contribution < -0.4 is 4.74 Å². The number of hydrogen-bond donors (Lipinski definition) is 2. The van der Waals surface area contributed by atoms with Crippen molar-refractivity contribution in [2.24, 2.45) is 0 Å². The van der Waals surface area contributed by atoms with Crippen molar-refractivity contribution in [1.82, 2.24) is 0 Å². The van der Waals surface area contributed by atoms with Crippen molar-refractivity contribution in [1.29, 1.82) is 0 Å². The zero-order valence-corrected chi connectivity index (χ0v) is 16.9. The molecule has 2 aromatic carbocycles. The molecule has 2 N–H and O–H groups in total. The summed E-state index contributed by atoms with van der Waals surface area (Å²) in [5.74, 6) is 2.26. The zero-order valence-electron chi connectivity index (χ0n) is 13.6. The van der Waals surface area contributed by atoms with E-state index >= 15 is 0 Å². The molecule has 0 aliphatic heterocycles. The SMILES string of the molecule is O=P(O)(O)C(F)(F)c1ccc(CSCCCOc2ccccc2)cc1Br. The van der Waals surface area contributed by atoms with E-state index in [0.717, 1.165) is 29.6 Å². The Labute approximate surface area is 163 Å². The summed E-state index contributed by atoms with van der Waals surface area (Å²) in [4.78, 5) is 17.6. The predicted molar refractivity (Wildman–Crippen MR) is 103 cm³/mol. The molecule has 9 heteroatoms. The van der Waals surface area contributed by atoms with E-state index in [9.17, 15) is 13.3 Å². The van der Waals surface area contributed by atoms with Crippen molar-refractivity contribution in [2.75, 3.05) is 12.4 Å². The van der Waals surface area contributed by atoms with Gasteiger partial charge in [0, 0.05) is 15.8 Å². The standard InChI is InChI=1S/C17H18BrF2O4PS/c18-16-11-13(7-8-15(16)17(19,20)25(21,22)23)12-26-10-4-9-24-14-5-2-1-3-6-14/h1-3,5-8,11H,4,9-10,12H2,(H2,21,22,23). The number of hydrogen-bond acceptors (Lipinski definition) is 3. The first-order chi connectivity index (χ1) is 12.2. The van der Waals surface area contributed by atoms with Crippen molar-refractivity contribution in [3.05, 3.63) is 64.1 Å². The van der Waals surface area contributed by atoms with Gasteiger partial charge in [-0.2, -0.15) is 20.5 Å². The Morgan fingerprint density at radius 1 is 1.15 bits per heavy atom. The predicted octanol–water partition coefficient (Wildman–Crippen LogP) is 5.38. The Bertz CT molecular complexity index is 771. The minimum absolute atomic E-state index is 0.0173. The van der Waals surface area contributed by atoms with Crippen LogP contribution in [0.2, 0.25) is 0 Å². The third-order valence-corrected chi connectivity index (χ3v) is 6.18. The smallest absolute Gasteiger partial charge is 0.399 e. The Morgan fingerprint density at radius 3 is 2.46 bits per heavy atom. The van der Waals surface area contributed by atoms with Crippen LogP contribution in [-0.2, 0) is 16.0 Å². The lowest BCUT2D eigenvalue weighted by atomic mass is 10.1. The molecular formula is C17H18BrF2O4PS. The molecule has 2 rings (SSSR count). The van der Waals surface area contributed by atoms with Crippen LogP contribution in [0, 0.1) is 0 Å². The van der Waals surface area contributed by atoms with Gasteiger partial charge in [0.25, 0.3) is 0 Å². The van der Waals surface area contributed by atoms with Gasteiger partial charge in [0.2, 0.25) is 0 Å². The lowest BCUT2D eigenvalue weighted by molar-refractivity contribution is 0.0557. The van der Waals surface area contributed by atoms with Crippen LogP contribution in [0.25, 0.3) is 0 Å². The van der Waals surface area contributed by atoms with Gasteiger partial charge in [0.15, 0.2) is 0 Å². The number of rotatable bonds is 9. The summed E-state index contributed by atoms with van der Waals surface area (Å²) in [5, 5.41) is 0. The summed E-state index contributed by atoms with van der Waals surface area (Å²) in [7, 11) is -5.57. The molecule has 0 bridgehead atoms. The van der Waals surface area contributed by atoms with Crippen molar-refractivity contribution >= 4 is 35.3 Å².